The highest BCUT2D eigenvalue weighted by molar-refractivity contribution is 5.37. The summed E-state index contributed by atoms with van der Waals surface area (Å²) < 4.78 is 5.33. The molecule has 88 valence electrons. The summed E-state index contributed by atoms with van der Waals surface area (Å²) >= 11 is 0. The predicted molar refractivity (Wildman–Crippen MR) is 59.5 cm³/mol. The monoisotopic (exact) mass is 225 g/mol. The van der Waals surface area contributed by atoms with Crippen molar-refractivity contribution in [3.05, 3.63) is 34.4 Å². The lowest BCUT2D eigenvalue weighted by Gasteiger charge is -2.06. The van der Waals surface area contributed by atoms with Gasteiger partial charge in [0.15, 0.2) is 0 Å². The van der Waals surface area contributed by atoms with Gasteiger partial charge < -0.3 is 9.84 Å². The van der Waals surface area contributed by atoms with E-state index < -0.39 is 4.92 Å². The molecule has 0 fully saturated rings. The van der Waals surface area contributed by atoms with Gasteiger partial charge in [0.05, 0.1) is 23.7 Å². The lowest BCUT2D eigenvalue weighted by molar-refractivity contribution is -0.384. The number of aliphatic hydroxyl groups is 1. The number of aliphatic hydroxyl groups excluding tert-OH is 1. The number of hydrogen-bond acceptors (Lipinski definition) is 4. The molecule has 0 aliphatic heterocycles. The van der Waals surface area contributed by atoms with Gasteiger partial charge in [-0.2, -0.15) is 0 Å². The van der Waals surface area contributed by atoms with Gasteiger partial charge in [0.25, 0.3) is 5.69 Å². The van der Waals surface area contributed by atoms with Crippen LogP contribution in [0.1, 0.15) is 19.8 Å². The van der Waals surface area contributed by atoms with Crippen molar-refractivity contribution in [2.75, 3.05) is 6.61 Å². The van der Waals surface area contributed by atoms with Crippen molar-refractivity contribution >= 4 is 5.69 Å². The molecule has 0 saturated heterocycles. The summed E-state index contributed by atoms with van der Waals surface area (Å²) in [4.78, 5) is 10.0. The van der Waals surface area contributed by atoms with Crippen LogP contribution in [0.15, 0.2) is 24.3 Å². The van der Waals surface area contributed by atoms with Crippen molar-refractivity contribution in [1.29, 1.82) is 0 Å². The molecule has 0 aliphatic rings. The van der Waals surface area contributed by atoms with Gasteiger partial charge in [-0.1, -0.05) is 6.07 Å². The summed E-state index contributed by atoms with van der Waals surface area (Å²) in [5, 5.41) is 19.5. The third-order valence-corrected chi connectivity index (χ3v) is 2.06. The molecule has 0 aromatic heterocycles. The highest BCUT2D eigenvalue weighted by Gasteiger charge is 2.06. The summed E-state index contributed by atoms with van der Waals surface area (Å²) in [7, 11) is 0. The number of hydrogen-bond donors (Lipinski definition) is 1. The highest BCUT2D eigenvalue weighted by Crippen LogP contribution is 2.19. The van der Waals surface area contributed by atoms with Crippen LogP contribution in [0.4, 0.5) is 5.69 Å². The van der Waals surface area contributed by atoms with Crippen LogP contribution in [0.3, 0.4) is 0 Å². The van der Waals surface area contributed by atoms with E-state index in [9.17, 15) is 10.1 Å². The Kier molecular flexibility index (Phi) is 4.72. The number of non-ortho nitro benzene ring substituents is 1. The standard InChI is InChI=1S/C11H15NO4/c1-9(13)4-3-7-16-11-6-2-5-10(8-11)12(14)15/h2,5-6,8-9,13H,3-4,7H2,1H3. The molecule has 1 atom stereocenters. The molecule has 1 aromatic rings. The van der Waals surface area contributed by atoms with Crippen LogP contribution in [0.25, 0.3) is 0 Å². The molecular weight excluding hydrogens is 210 g/mol. The summed E-state index contributed by atoms with van der Waals surface area (Å²) in [6, 6.07) is 6.07. The number of nitro benzene ring substituents is 1. The second-order valence-corrected chi connectivity index (χ2v) is 3.59. The zero-order valence-corrected chi connectivity index (χ0v) is 9.13. The fourth-order valence-corrected chi connectivity index (χ4v) is 1.26. The molecule has 0 bridgehead atoms. The zero-order chi connectivity index (χ0) is 12.0. The molecule has 0 aliphatic carbocycles. The average molecular weight is 225 g/mol. The van der Waals surface area contributed by atoms with Gasteiger partial charge in [-0.05, 0) is 25.8 Å². The van der Waals surface area contributed by atoms with Crippen LogP contribution in [0.5, 0.6) is 5.75 Å². The minimum atomic E-state index is -0.456. The minimum absolute atomic E-state index is 0.0213. The largest absolute Gasteiger partial charge is 0.493 e. The van der Waals surface area contributed by atoms with Gasteiger partial charge in [0, 0.05) is 6.07 Å². The van der Waals surface area contributed by atoms with Crippen LogP contribution >= 0.6 is 0 Å². The van der Waals surface area contributed by atoms with E-state index in [2.05, 4.69) is 0 Å². The molecule has 0 amide bonds. The van der Waals surface area contributed by atoms with E-state index in [0.717, 1.165) is 6.42 Å². The Balaban J connectivity index is 2.42. The van der Waals surface area contributed by atoms with E-state index in [-0.39, 0.29) is 11.8 Å². The predicted octanol–water partition coefficient (Wildman–Crippen LogP) is 2.13. The summed E-state index contributed by atoms with van der Waals surface area (Å²) in [5.74, 6) is 0.486. The first-order valence-electron chi connectivity index (χ1n) is 5.15. The first-order valence-corrected chi connectivity index (χ1v) is 5.15. The number of benzene rings is 1. The number of ether oxygens (including phenoxy) is 1. The summed E-state index contributed by atoms with van der Waals surface area (Å²) in [6.07, 6.45) is 1.05. The molecule has 1 rings (SSSR count). The topological polar surface area (TPSA) is 72.6 Å². The maximum Gasteiger partial charge on any atom is 0.273 e. The van der Waals surface area contributed by atoms with Crippen molar-refractivity contribution in [1.82, 2.24) is 0 Å². The number of nitrogens with zero attached hydrogens (tertiary/aromatic N) is 1. The van der Waals surface area contributed by atoms with Crippen molar-refractivity contribution in [2.24, 2.45) is 0 Å². The molecule has 5 heteroatoms. The first kappa shape index (κ1) is 12.4. The van der Waals surface area contributed by atoms with Gasteiger partial charge in [0.1, 0.15) is 5.75 Å². The van der Waals surface area contributed by atoms with Crippen molar-refractivity contribution in [3.63, 3.8) is 0 Å². The average Bonchev–Trinajstić information content (AvgIpc) is 2.24. The minimum Gasteiger partial charge on any atom is -0.493 e. The number of rotatable bonds is 6. The van der Waals surface area contributed by atoms with Gasteiger partial charge in [0.2, 0.25) is 0 Å². The molecule has 0 saturated carbocycles. The lowest BCUT2D eigenvalue weighted by atomic mass is 10.2. The Morgan fingerprint density at radius 1 is 1.56 bits per heavy atom. The summed E-state index contributed by atoms with van der Waals surface area (Å²) in [6.45, 7) is 2.17. The first-order chi connectivity index (χ1) is 7.59. The van der Waals surface area contributed by atoms with Crippen LogP contribution in [-0.4, -0.2) is 22.7 Å². The third kappa shape index (κ3) is 4.27. The van der Waals surface area contributed by atoms with E-state index in [0.29, 0.717) is 18.8 Å². The zero-order valence-electron chi connectivity index (χ0n) is 9.13. The van der Waals surface area contributed by atoms with Crippen LogP contribution < -0.4 is 4.74 Å². The van der Waals surface area contributed by atoms with E-state index in [1.165, 1.54) is 12.1 Å². The Bertz CT molecular complexity index is 352. The molecule has 1 aromatic carbocycles. The molecule has 1 N–H and O–H groups in total. The maximum atomic E-state index is 10.5. The Labute approximate surface area is 93.8 Å². The lowest BCUT2D eigenvalue weighted by Crippen LogP contribution is -2.04. The molecule has 0 heterocycles. The number of nitro groups is 1. The van der Waals surface area contributed by atoms with Crippen molar-refractivity contribution in [3.8, 4) is 5.75 Å². The second-order valence-electron chi connectivity index (χ2n) is 3.59. The summed E-state index contributed by atoms with van der Waals surface area (Å²) in [5.41, 5.74) is 0.0213. The van der Waals surface area contributed by atoms with Crippen LogP contribution in [0.2, 0.25) is 0 Å². The van der Waals surface area contributed by atoms with E-state index in [4.69, 9.17) is 9.84 Å². The molecule has 0 radical (unpaired) electrons. The SMILES string of the molecule is CC(O)CCCOc1cccc([N+](=O)[O-])c1. The van der Waals surface area contributed by atoms with E-state index in [1.54, 1.807) is 19.1 Å². The Morgan fingerprint density at radius 3 is 2.94 bits per heavy atom. The maximum absolute atomic E-state index is 10.5. The second kappa shape index (κ2) is 6.07. The quantitative estimate of drug-likeness (QED) is 0.457. The van der Waals surface area contributed by atoms with Gasteiger partial charge >= 0.3 is 0 Å². The van der Waals surface area contributed by atoms with E-state index in [1.807, 2.05) is 0 Å². The Morgan fingerprint density at radius 2 is 2.31 bits per heavy atom. The smallest absolute Gasteiger partial charge is 0.273 e. The Hall–Kier alpha value is -1.62. The molecule has 1 unspecified atom stereocenters. The van der Waals surface area contributed by atoms with Crippen molar-refractivity contribution < 1.29 is 14.8 Å². The van der Waals surface area contributed by atoms with Crippen molar-refractivity contribution in [2.45, 2.75) is 25.9 Å². The molecule has 5 nitrogen and oxygen atoms in total. The van der Waals surface area contributed by atoms with Gasteiger partial charge in [-0.15, -0.1) is 0 Å². The van der Waals surface area contributed by atoms with Crippen LogP contribution in [0, 0.1) is 10.1 Å². The molecule has 16 heavy (non-hydrogen) atoms. The molecular formula is C11H15NO4. The van der Waals surface area contributed by atoms with Crippen LogP contribution in [-0.2, 0) is 0 Å². The van der Waals surface area contributed by atoms with E-state index >= 15 is 0 Å². The highest BCUT2D eigenvalue weighted by atomic mass is 16.6. The third-order valence-electron chi connectivity index (χ3n) is 2.06. The normalized spacial score (nSPS) is 12.1. The van der Waals surface area contributed by atoms with Gasteiger partial charge in [-0.3, -0.25) is 10.1 Å². The fourth-order valence-electron chi connectivity index (χ4n) is 1.26. The molecule has 0 spiro atoms. The fraction of sp³-hybridized carbons (Fsp3) is 0.455. The van der Waals surface area contributed by atoms with Gasteiger partial charge in [-0.25, -0.2) is 0 Å².